The molecule has 0 amide bonds. The summed E-state index contributed by atoms with van der Waals surface area (Å²) in [6.45, 7) is 2.19. The van der Waals surface area contributed by atoms with Gasteiger partial charge in [-0.1, -0.05) is 6.07 Å². The summed E-state index contributed by atoms with van der Waals surface area (Å²) in [6, 6.07) is 4.03. The van der Waals surface area contributed by atoms with E-state index in [-0.39, 0.29) is 12.4 Å². The number of halogens is 2. The number of benzene rings is 1. The largest absolute Gasteiger partial charge is 0.434 e. The second-order valence-electron chi connectivity index (χ2n) is 5.35. The lowest BCUT2D eigenvalue weighted by Gasteiger charge is -2.23. The van der Waals surface area contributed by atoms with Gasteiger partial charge in [-0.3, -0.25) is 4.90 Å². The molecule has 0 aromatic heterocycles. The number of aliphatic hydroxyl groups is 1. The number of rotatable bonds is 7. The normalized spacial score (nSPS) is 15.2. The molecule has 0 bridgehead atoms. The number of aryl methyl sites for hydroxylation is 2. The van der Waals surface area contributed by atoms with Crippen LogP contribution in [0.5, 0.6) is 5.75 Å². The van der Waals surface area contributed by atoms with E-state index in [2.05, 4.69) is 9.64 Å². The fourth-order valence-corrected chi connectivity index (χ4v) is 2.36. The Morgan fingerprint density at radius 1 is 1.30 bits per heavy atom. The van der Waals surface area contributed by atoms with Crippen molar-refractivity contribution >= 4 is 0 Å². The first-order valence-electron chi connectivity index (χ1n) is 6.91. The van der Waals surface area contributed by atoms with Crippen molar-refractivity contribution in [1.82, 2.24) is 4.90 Å². The fourth-order valence-electron chi connectivity index (χ4n) is 2.36. The summed E-state index contributed by atoms with van der Waals surface area (Å²) in [4.78, 5) is 2.13. The summed E-state index contributed by atoms with van der Waals surface area (Å²) in [6.07, 6.45) is 2.21. The third-order valence-corrected chi connectivity index (χ3v) is 3.72. The number of ether oxygens (including phenoxy) is 1. The summed E-state index contributed by atoms with van der Waals surface area (Å²) < 4.78 is 29.7. The molecule has 0 saturated heterocycles. The van der Waals surface area contributed by atoms with E-state index in [0.29, 0.717) is 19.1 Å². The molecule has 1 aromatic rings. The van der Waals surface area contributed by atoms with Crippen molar-refractivity contribution in [3.8, 4) is 5.75 Å². The van der Waals surface area contributed by atoms with Crippen molar-refractivity contribution in [3.05, 3.63) is 28.8 Å². The van der Waals surface area contributed by atoms with Crippen LogP contribution in [0.25, 0.3) is 0 Å². The highest BCUT2D eigenvalue weighted by Crippen LogP contribution is 2.31. The van der Waals surface area contributed by atoms with E-state index in [0.717, 1.165) is 29.5 Å². The maximum atomic E-state index is 12.5. The number of alkyl halides is 2. The molecule has 0 heterocycles. The highest BCUT2D eigenvalue weighted by Gasteiger charge is 2.29. The van der Waals surface area contributed by atoms with Gasteiger partial charge in [-0.2, -0.15) is 8.78 Å². The molecule has 0 unspecified atom stereocenters. The molecule has 0 spiro atoms. The number of aliphatic hydroxyl groups excluding tert-OH is 1. The van der Waals surface area contributed by atoms with Crippen molar-refractivity contribution in [1.29, 1.82) is 0 Å². The van der Waals surface area contributed by atoms with Gasteiger partial charge in [0.05, 0.1) is 6.61 Å². The van der Waals surface area contributed by atoms with Crippen LogP contribution in [-0.2, 0) is 6.54 Å². The average Bonchev–Trinajstić information content (AvgIpc) is 3.18. The van der Waals surface area contributed by atoms with E-state index in [9.17, 15) is 8.78 Å². The van der Waals surface area contributed by atoms with E-state index in [1.54, 1.807) is 6.07 Å². The molecule has 1 aliphatic carbocycles. The zero-order valence-electron chi connectivity index (χ0n) is 11.9. The Bertz CT molecular complexity index is 461. The van der Waals surface area contributed by atoms with Crippen molar-refractivity contribution in [2.75, 3.05) is 13.2 Å². The van der Waals surface area contributed by atoms with Crippen LogP contribution in [0.3, 0.4) is 0 Å². The molecular weight excluding hydrogens is 264 g/mol. The number of nitrogens with zero attached hydrogens (tertiary/aromatic N) is 1. The highest BCUT2D eigenvalue weighted by molar-refractivity contribution is 5.42. The van der Waals surface area contributed by atoms with Crippen LogP contribution in [0.2, 0.25) is 0 Å². The number of hydrogen-bond acceptors (Lipinski definition) is 3. The van der Waals surface area contributed by atoms with Gasteiger partial charge in [0.1, 0.15) is 5.75 Å². The van der Waals surface area contributed by atoms with E-state index in [1.807, 2.05) is 19.9 Å². The number of hydrogen-bond donors (Lipinski definition) is 1. The lowest BCUT2D eigenvalue weighted by Crippen LogP contribution is -2.29. The SMILES string of the molecule is Cc1cc(CN(CCO)C2CC2)c(OC(F)F)cc1C. The van der Waals surface area contributed by atoms with Crippen LogP contribution in [0.4, 0.5) is 8.78 Å². The molecule has 20 heavy (non-hydrogen) atoms. The van der Waals surface area contributed by atoms with Gasteiger partial charge in [-0.05, 0) is 43.9 Å². The molecule has 112 valence electrons. The summed E-state index contributed by atoms with van der Waals surface area (Å²) in [7, 11) is 0. The second kappa shape index (κ2) is 6.50. The van der Waals surface area contributed by atoms with Crippen LogP contribution in [0.1, 0.15) is 29.5 Å². The Balaban J connectivity index is 2.21. The smallest absolute Gasteiger partial charge is 0.387 e. The Kier molecular flexibility index (Phi) is 4.94. The first kappa shape index (κ1) is 15.2. The molecule has 5 heteroatoms. The maximum Gasteiger partial charge on any atom is 0.387 e. The minimum atomic E-state index is -2.82. The zero-order valence-corrected chi connectivity index (χ0v) is 11.9. The van der Waals surface area contributed by atoms with Crippen LogP contribution in [-0.4, -0.2) is 35.8 Å². The first-order chi connectivity index (χ1) is 9.51. The van der Waals surface area contributed by atoms with Crippen molar-refractivity contribution in [2.24, 2.45) is 0 Å². The molecular formula is C15H21F2NO2. The van der Waals surface area contributed by atoms with Gasteiger partial charge in [0.2, 0.25) is 0 Å². The predicted octanol–water partition coefficient (Wildman–Crippen LogP) is 2.86. The minimum Gasteiger partial charge on any atom is -0.434 e. The van der Waals surface area contributed by atoms with E-state index < -0.39 is 6.61 Å². The van der Waals surface area contributed by atoms with Crippen molar-refractivity contribution in [3.63, 3.8) is 0 Å². The quantitative estimate of drug-likeness (QED) is 0.836. The molecule has 0 atom stereocenters. The average molecular weight is 285 g/mol. The van der Waals surface area contributed by atoms with Gasteiger partial charge in [0.25, 0.3) is 0 Å². The van der Waals surface area contributed by atoms with Crippen LogP contribution < -0.4 is 4.74 Å². The molecule has 0 radical (unpaired) electrons. The third kappa shape index (κ3) is 3.90. The van der Waals surface area contributed by atoms with Crippen LogP contribution in [0.15, 0.2) is 12.1 Å². The van der Waals surface area contributed by atoms with Crippen LogP contribution >= 0.6 is 0 Å². The molecule has 3 nitrogen and oxygen atoms in total. The Morgan fingerprint density at radius 3 is 2.50 bits per heavy atom. The minimum absolute atomic E-state index is 0.0758. The molecule has 2 rings (SSSR count). The Hall–Kier alpha value is -1.20. The van der Waals surface area contributed by atoms with Gasteiger partial charge in [-0.15, -0.1) is 0 Å². The summed E-state index contributed by atoms with van der Waals surface area (Å²) in [5, 5.41) is 9.11. The molecule has 1 saturated carbocycles. The third-order valence-electron chi connectivity index (χ3n) is 3.72. The second-order valence-corrected chi connectivity index (χ2v) is 5.35. The topological polar surface area (TPSA) is 32.7 Å². The Morgan fingerprint density at radius 2 is 1.95 bits per heavy atom. The van der Waals surface area contributed by atoms with Gasteiger partial charge in [-0.25, -0.2) is 0 Å². The van der Waals surface area contributed by atoms with Crippen molar-refractivity contribution in [2.45, 2.75) is 45.9 Å². The van der Waals surface area contributed by atoms with Gasteiger partial charge >= 0.3 is 6.61 Å². The predicted molar refractivity (Wildman–Crippen MR) is 73.1 cm³/mol. The zero-order chi connectivity index (χ0) is 14.7. The molecule has 0 aliphatic heterocycles. The van der Waals surface area contributed by atoms with E-state index in [1.165, 1.54) is 0 Å². The van der Waals surface area contributed by atoms with Gasteiger partial charge in [0, 0.05) is 24.7 Å². The van der Waals surface area contributed by atoms with E-state index in [4.69, 9.17) is 5.11 Å². The molecule has 1 fully saturated rings. The standard InChI is InChI=1S/C15H21F2NO2/c1-10-7-12(9-18(5-6-19)13-3-4-13)14(8-11(10)2)20-15(16)17/h7-8,13,15,19H,3-6,9H2,1-2H3. The first-order valence-corrected chi connectivity index (χ1v) is 6.91. The molecule has 1 aliphatic rings. The maximum absolute atomic E-state index is 12.5. The van der Waals surface area contributed by atoms with Crippen LogP contribution in [0, 0.1) is 13.8 Å². The summed E-state index contributed by atoms with van der Waals surface area (Å²) >= 11 is 0. The Labute approximate surface area is 118 Å². The summed E-state index contributed by atoms with van der Waals surface area (Å²) in [5.41, 5.74) is 2.75. The van der Waals surface area contributed by atoms with Gasteiger partial charge in [0.15, 0.2) is 0 Å². The van der Waals surface area contributed by atoms with Gasteiger partial charge < -0.3 is 9.84 Å². The molecule has 1 aromatic carbocycles. The summed E-state index contributed by atoms with van der Waals surface area (Å²) in [5.74, 6) is 0.242. The lowest BCUT2D eigenvalue weighted by molar-refractivity contribution is -0.0508. The lowest BCUT2D eigenvalue weighted by atomic mass is 10.0. The fraction of sp³-hybridized carbons (Fsp3) is 0.600. The molecule has 1 N–H and O–H groups in total. The monoisotopic (exact) mass is 285 g/mol. The van der Waals surface area contributed by atoms with E-state index >= 15 is 0 Å². The highest BCUT2D eigenvalue weighted by atomic mass is 19.3. The van der Waals surface area contributed by atoms with Crippen molar-refractivity contribution < 1.29 is 18.6 Å².